The molecule has 5 heteroatoms. The Morgan fingerprint density at radius 1 is 1.25 bits per heavy atom. The third kappa shape index (κ3) is 4.12. The highest BCUT2D eigenvalue weighted by atomic mass is 32.2. The van der Waals surface area contributed by atoms with Crippen molar-refractivity contribution in [2.45, 2.75) is 56.9 Å². The van der Waals surface area contributed by atoms with E-state index in [9.17, 15) is 4.79 Å². The van der Waals surface area contributed by atoms with E-state index in [4.69, 9.17) is 4.74 Å². The molecule has 1 heterocycles. The quantitative estimate of drug-likeness (QED) is 0.753. The highest BCUT2D eigenvalue weighted by molar-refractivity contribution is 7.99. The van der Waals surface area contributed by atoms with Gasteiger partial charge in [-0.1, -0.05) is 20.3 Å². The van der Waals surface area contributed by atoms with Gasteiger partial charge in [0.05, 0.1) is 19.1 Å². The Labute approximate surface area is 126 Å². The van der Waals surface area contributed by atoms with Crippen LogP contribution in [0.15, 0.2) is 0 Å². The van der Waals surface area contributed by atoms with E-state index in [2.05, 4.69) is 24.5 Å². The summed E-state index contributed by atoms with van der Waals surface area (Å²) in [5, 5.41) is 7.32. The number of hydrogen-bond donors (Lipinski definition) is 2. The summed E-state index contributed by atoms with van der Waals surface area (Å²) in [5.41, 5.74) is 0. The lowest BCUT2D eigenvalue weighted by atomic mass is 10.0. The van der Waals surface area contributed by atoms with Crippen LogP contribution in [0, 0.1) is 5.92 Å². The molecule has 0 aromatic heterocycles. The van der Waals surface area contributed by atoms with E-state index in [1.54, 1.807) is 0 Å². The molecule has 2 N–H and O–H groups in total. The zero-order valence-corrected chi connectivity index (χ0v) is 13.5. The van der Waals surface area contributed by atoms with Crippen LogP contribution in [0.1, 0.15) is 39.5 Å². The molecule has 2 aliphatic rings. The summed E-state index contributed by atoms with van der Waals surface area (Å²) in [5.74, 6) is 1.30. The van der Waals surface area contributed by atoms with E-state index in [-0.39, 0.29) is 17.9 Å². The van der Waals surface area contributed by atoms with E-state index < -0.39 is 0 Å². The molecule has 0 aromatic rings. The first-order valence-electron chi connectivity index (χ1n) is 7.99. The molecule has 0 bridgehead atoms. The van der Waals surface area contributed by atoms with Crippen LogP contribution < -0.4 is 10.6 Å². The summed E-state index contributed by atoms with van der Waals surface area (Å²) < 4.78 is 5.50. The molecule has 1 saturated heterocycles. The molecule has 1 aliphatic carbocycles. The van der Waals surface area contributed by atoms with Gasteiger partial charge in [-0.25, -0.2) is 0 Å². The minimum atomic E-state index is -0.0190. The summed E-state index contributed by atoms with van der Waals surface area (Å²) in [6.07, 6.45) is 4.69. The highest BCUT2D eigenvalue weighted by Crippen LogP contribution is 2.30. The van der Waals surface area contributed by atoms with Crippen LogP contribution in [-0.4, -0.2) is 48.8 Å². The Kier molecular flexibility index (Phi) is 6.65. The number of hydrogen-bond acceptors (Lipinski definition) is 4. The number of amides is 1. The van der Waals surface area contributed by atoms with Crippen molar-refractivity contribution in [2.24, 2.45) is 5.92 Å². The molecule has 0 spiro atoms. The van der Waals surface area contributed by atoms with E-state index in [1.165, 1.54) is 12.8 Å². The molecule has 4 unspecified atom stereocenters. The molecular formula is C15H28N2O2S. The Balaban J connectivity index is 1.84. The van der Waals surface area contributed by atoms with Crippen molar-refractivity contribution in [3.8, 4) is 0 Å². The van der Waals surface area contributed by atoms with Gasteiger partial charge in [-0.05, 0) is 31.6 Å². The monoisotopic (exact) mass is 300 g/mol. The molecule has 116 valence electrons. The minimum Gasteiger partial charge on any atom is -0.379 e. The predicted octanol–water partition coefficient (Wildman–Crippen LogP) is 1.79. The van der Waals surface area contributed by atoms with Crippen molar-refractivity contribution >= 4 is 17.7 Å². The lowest BCUT2D eigenvalue weighted by Crippen LogP contribution is -2.48. The zero-order chi connectivity index (χ0) is 14.4. The fourth-order valence-electron chi connectivity index (χ4n) is 3.14. The molecule has 2 fully saturated rings. The van der Waals surface area contributed by atoms with Crippen LogP contribution in [0.5, 0.6) is 0 Å². The second-order valence-electron chi connectivity index (χ2n) is 5.74. The molecule has 20 heavy (non-hydrogen) atoms. The fraction of sp³-hybridized carbons (Fsp3) is 0.933. The molecule has 4 atom stereocenters. The standard InChI is InChI=1S/C15H28N2O2S/c1-3-8-16-13-10-19-9-11(13)15(18)17-12-6-5-7-14(12)20-4-2/h11-14,16H,3-10H2,1-2H3,(H,17,18). The second-order valence-corrected chi connectivity index (χ2v) is 7.26. The van der Waals surface area contributed by atoms with Crippen LogP contribution in [-0.2, 0) is 9.53 Å². The summed E-state index contributed by atoms with van der Waals surface area (Å²) >= 11 is 1.98. The molecule has 2 rings (SSSR count). The van der Waals surface area contributed by atoms with Gasteiger partial charge in [0.1, 0.15) is 0 Å². The minimum absolute atomic E-state index is 0.0190. The first kappa shape index (κ1) is 16.1. The summed E-state index contributed by atoms with van der Waals surface area (Å²) in [7, 11) is 0. The zero-order valence-electron chi connectivity index (χ0n) is 12.7. The lowest BCUT2D eigenvalue weighted by Gasteiger charge is -2.24. The molecule has 4 nitrogen and oxygen atoms in total. The maximum Gasteiger partial charge on any atom is 0.227 e. The lowest BCUT2D eigenvalue weighted by molar-refractivity contribution is -0.126. The molecule has 0 radical (unpaired) electrons. The van der Waals surface area contributed by atoms with Crippen LogP contribution in [0.25, 0.3) is 0 Å². The number of carbonyl (C=O) groups is 1. The first-order valence-corrected chi connectivity index (χ1v) is 9.04. The number of nitrogens with one attached hydrogen (secondary N) is 2. The molecular weight excluding hydrogens is 272 g/mol. The van der Waals surface area contributed by atoms with Crippen molar-refractivity contribution < 1.29 is 9.53 Å². The third-order valence-corrected chi connectivity index (χ3v) is 5.56. The smallest absolute Gasteiger partial charge is 0.227 e. The van der Waals surface area contributed by atoms with Gasteiger partial charge in [-0.2, -0.15) is 11.8 Å². The van der Waals surface area contributed by atoms with Crippen LogP contribution in [0.3, 0.4) is 0 Å². The topological polar surface area (TPSA) is 50.4 Å². The van der Waals surface area contributed by atoms with Crippen molar-refractivity contribution in [3.63, 3.8) is 0 Å². The Bertz CT molecular complexity index is 314. The Morgan fingerprint density at radius 2 is 2.10 bits per heavy atom. The van der Waals surface area contributed by atoms with Crippen molar-refractivity contribution in [2.75, 3.05) is 25.5 Å². The van der Waals surface area contributed by atoms with E-state index in [0.717, 1.165) is 25.1 Å². The van der Waals surface area contributed by atoms with Gasteiger partial charge in [0.25, 0.3) is 0 Å². The number of thioether (sulfide) groups is 1. The normalized spacial score (nSPS) is 33.5. The van der Waals surface area contributed by atoms with Gasteiger partial charge in [-0.3, -0.25) is 4.79 Å². The number of ether oxygens (including phenoxy) is 1. The largest absolute Gasteiger partial charge is 0.379 e. The second kappa shape index (κ2) is 8.25. The molecule has 1 aliphatic heterocycles. The van der Waals surface area contributed by atoms with Crippen molar-refractivity contribution in [1.29, 1.82) is 0 Å². The van der Waals surface area contributed by atoms with Crippen LogP contribution in [0.2, 0.25) is 0 Å². The number of carbonyl (C=O) groups excluding carboxylic acids is 1. The average molecular weight is 300 g/mol. The Morgan fingerprint density at radius 3 is 2.85 bits per heavy atom. The SMILES string of the molecule is CCCNC1COCC1C(=O)NC1CCCC1SCC. The molecule has 1 saturated carbocycles. The van der Waals surface area contributed by atoms with Crippen molar-refractivity contribution in [3.05, 3.63) is 0 Å². The van der Waals surface area contributed by atoms with Crippen LogP contribution >= 0.6 is 11.8 Å². The van der Waals surface area contributed by atoms with Gasteiger partial charge in [0.15, 0.2) is 0 Å². The van der Waals surface area contributed by atoms with Crippen LogP contribution in [0.4, 0.5) is 0 Å². The maximum atomic E-state index is 12.5. The third-order valence-electron chi connectivity index (χ3n) is 4.23. The van der Waals surface area contributed by atoms with E-state index in [0.29, 0.717) is 24.5 Å². The fourth-order valence-corrected chi connectivity index (χ4v) is 4.34. The van der Waals surface area contributed by atoms with Gasteiger partial charge in [0.2, 0.25) is 5.91 Å². The molecule has 0 aromatic carbocycles. The summed E-state index contributed by atoms with van der Waals surface area (Å²) in [6.45, 7) is 6.51. The van der Waals surface area contributed by atoms with Crippen molar-refractivity contribution in [1.82, 2.24) is 10.6 Å². The van der Waals surface area contributed by atoms with Gasteiger partial charge in [-0.15, -0.1) is 0 Å². The maximum absolute atomic E-state index is 12.5. The molecule has 1 amide bonds. The predicted molar refractivity (Wildman–Crippen MR) is 84.1 cm³/mol. The van der Waals surface area contributed by atoms with Gasteiger partial charge in [0, 0.05) is 17.3 Å². The highest BCUT2D eigenvalue weighted by Gasteiger charge is 2.36. The first-order chi connectivity index (χ1) is 9.76. The van der Waals surface area contributed by atoms with E-state index in [1.807, 2.05) is 11.8 Å². The average Bonchev–Trinajstić information content (AvgIpc) is 3.06. The van der Waals surface area contributed by atoms with Gasteiger partial charge < -0.3 is 15.4 Å². The van der Waals surface area contributed by atoms with E-state index >= 15 is 0 Å². The van der Waals surface area contributed by atoms with Gasteiger partial charge >= 0.3 is 0 Å². The summed E-state index contributed by atoms with van der Waals surface area (Å²) in [4.78, 5) is 12.5. The summed E-state index contributed by atoms with van der Waals surface area (Å²) in [6, 6.07) is 0.550. The Hall–Kier alpha value is -0.260. The number of rotatable bonds is 7.